The molecule has 0 aromatic rings. The maximum absolute atomic E-state index is 10.1. The number of carbonyl (C=O) groups is 2. The van der Waals surface area contributed by atoms with Crippen molar-refractivity contribution in [3.05, 3.63) is 0 Å². The smallest absolute Gasteiger partial charge is 0.302 e. The first-order chi connectivity index (χ1) is 6.90. The number of carbonyl (C=O) groups excluding carboxylic acids is 2. The minimum absolute atomic E-state index is 0.193. The third-order valence-electron chi connectivity index (χ3n) is 1.13. The molecule has 0 aromatic heterocycles. The van der Waals surface area contributed by atoms with Crippen LogP contribution in [0.25, 0.3) is 0 Å². The lowest BCUT2D eigenvalue weighted by Gasteiger charge is -2.02. The first kappa shape index (κ1) is 16.4. The first-order valence-electron chi connectivity index (χ1n) is 5.16. The van der Waals surface area contributed by atoms with E-state index in [1.807, 2.05) is 20.8 Å². The van der Waals surface area contributed by atoms with Gasteiger partial charge < -0.3 is 9.47 Å². The highest BCUT2D eigenvalue weighted by atomic mass is 16.5. The molecule has 4 heteroatoms. The molecule has 0 aliphatic rings. The standard InChI is InChI=1S/C6H12O2.C5H10O2/c1-5(2)4-8-6(3)7;1-3-4-7-5(2)6/h5H,4H2,1-3H3;3-4H2,1-2H3. The molecule has 0 atom stereocenters. The van der Waals surface area contributed by atoms with Gasteiger partial charge in [0, 0.05) is 13.8 Å². The van der Waals surface area contributed by atoms with Crippen molar-refractivity contribution < 1.29 is 19.1 Å². The topological polar surface area (TPSA) is 52.6 Å². The summed E-state index contributed by atoms with van der Waals surface area (Å²) in [4.78, 5) is 20.1. The second-order valence-electron chi connectivity index (χ2n) is 3.54. The van der Waals surface area contributed by atoms with Crippen molar-refractivity contribution in [3.8, 4) is 0 Å². The zero-order chi connectivity index (χ0) is 12.3. The van der Waals surface area contributed by atoms with Crippen molar-refractivity contribution in [1.29, 1.82) is 0 Å². The van der Waals surface area contributed by atoms with Crippen molar-refractivity contribution in [2.24, 2.45) is 5.92 Å². The Labute approximate surface area is 91.9 Å². The zero-order valence-electron chi connectivity index (χ0n) is 10.3. The fourth-order valence-corrected chi connectivity index (χ4v) is 0.530. The van der Waals surface area contributed by atoms with Gasteiger partial charge in [-0.15, -0.1) is 0 Å². The highest BCUT2D eigenvalue weighted by molar-refractivity contribution is 5.66. The molecule has 0 bridgehead atoms. The van der Waals surface area contributed by atoms with E-state index in [2.05, 4.69) is 9.47 Å². The van der Waals surface area contributed by atoms with Crippen molar-refractivity contribution in [2.45, 2.75) is 41.0 Å². The fraction of sp³-hybridized carbons (Fsp3) is 0.818. The molecule has 0 saturated carbocycles. The highest BCUT2D eigenvalue weighted by Gasteiger charge is 1.94. The SMILES string of the molecule is CC(=O)OCC(C)C.CCCOC(C)=O. The fourth-order valence-electron chi connectivity index (χ4n) is 0.530. The van der Waals surface area contributed by atoms with Crippen molar-refractivity contribution >= 4 is 11.9 Å². The summed E-state index contributed by atoms with van der Waals surface area (Å²) in [6.07, 6.45) is 0.902. The van der Waals surface area contributed by atoms with Crippen LogP contribution in [0.5, 0.6) is 0 Å². The number of hydrogen-bond acceptors (Lipinski definition) is 4. The Kier molecular flexibility index (Phi) is 12.0. The Bertz CT molecular complexity index is 175. The van der Waals surface area contributed by atoms with Crippen LogP contribution >= 0.6 is 0 Å². The number of esters is 2. The molecule has 4 nitrogen and oxygen atoms in total. The molecule has 0 fully saturated rings. The second-order valence-corrected chi connectivity index (χ2v) is 3.54. The van der Waals surface area contributed by atoms with E-state index in [4.69, 9.17) is 0 Å². The number of rotatable bonds is 4. The maximum atomic E-state index is 10.1. The summed E-state index contributed by atoms with van der Waals surface area (Å²) < 4.78 is 9.22. The van der Waals surface area contributed by atoms with E-state index in [1.54, 1.807) is 0 Å². The Balaban J connectivity index is 0. The lowest BCUT2D eigenvalue weighted by molar-refractivity contribution is -0.142. The van der Waals surface area contributed by atoms with Crippen LogP contribution in [0.3, 0.4) is 0 Å². The molecule has 0 aliphatic heterocycles. The van der Waals surface area contributed by atoms with Crippen molar-refractivity contribution in [3.63, 3.8) is 0 Å². The Morgan fingerprint density at radius 3 is 1.67 bits per heavy atom. The van der Waals surface area contributed by atoms with Crippen LogP contribution in [0, 0.1) is 5.92 Å². The molecule has 15 heavy (non-hydrogen) atoms. The summed E-state index contributed by atoms with van der Waals surface area (Å²) in [6.45, 7) is 9.89. The van der Waals surface area contributed by atoms with Crippen LogP contribution in [0.15, 0.2) is 0 Å². The van der Waals surface area contributed by atoms with Gasteiger partial charge in [0.1, 0.15) is 0 Å². The molecule has 0 aromatic carbocycles. The van der Waals surface area contributed by atoms with E-state index in [9.17, 15) is 9.59 Å². The minimum Gasteiger partial charge on any atom is -0.466 e. The third kappa shape index (κ3) is 24.6. The quantitative estimate of drug-likeness (QED) is 0.678. The van der Waals surface area contributed by atoms with Gasteiger partial charge in [-0.1, -0.05) is 20.8 Å². The van der Waals surface area contributed by atoms with Crippen LogP contribution in [-0.4, -0.2) is 25.2 Å². The van der Waals surface area contributed by atoms with Gasteiger partial charge in [-0.3, -0.25) is 9.59 Å². The summed E-state index contributed by atoms with van der Waals surface area (Å²) in [7, 11) is 0. The van der Waals surface area contributed by atoms with Gasteiger partial charge in [0.2, 0.25) is 0 Å². The van der Waals surface area contributed by atoms with Crippen LogP contribution in [0.2, 0.25) is 0 Å². The van der Waals surface area contributed by atoms with Gasteiger partial charge in [-0.05, 0) is 12.3 Å². The van der Waals surface area contributed by atoms with Gasteiger partial charge in [-0.25, -0.2) is 0 Å². The molecule has 0 radical (unpaired) electrons. The van der Waals surface area contributed by atoms with Gasteiger partial charge in [-0.2, -0.15) is 0 Å². The van der Waals surface area contributed by atoms with Crippen LogP contribution in [-0.2, 0) is 19.1 Å². The predicted molar refractivity (Wildman–Crippen MR) is 58.4 cm³/mol. The van der Waals surface area contributed by atoms with Crippen molar-refractivity contribution in [2.75, 3.05) is 13.2 Å². The van der Waals surface area contributed by atoms with Crippen molar-refractivity contribution in [1.82, 2.24) is 0 Å². The molecule has 0 saturated heterocycles. The van der Waals surface area contributed by atoms with Crippen LogP contribution in [0.4, 0.5) is 0 Å². The van der Waals surface area contributed by atoms with Gasteiger partial charge in [0.05, 0.1) is 13.2 Å². The second kappa shape index (κ2) is 11.0. The summed E-state index contributed by atoms with van der Waals surface area (Å²) >= 11 is 0. The highest BCUT2D eigenvalue weighted by Crippen LogP contribution is 1.91. The monoisotopic (exact) mass is 218 g/mol. The minimum atomic E-state index is -0.196. The van der Waals surface area contributed by atoms with E-state index in [-0.39, 0.29) is 11.9 Å². The molecule has 90 valence electrons. The number of hydrogen-bond donors (Lipinski definition) is 0. The summed E-state index contributed by atoms with van der Waals surface area (Å²) in [6, 6.07) is 0. The lowest BCUT2D eigenvalue weighted by atomic mass is 10.2. The molecule has 0 rings (SSSR count). The third-order valence-corrected chi connectivity index (χ3v) is 1.13. The van der Waals surface area contributed by atoms with E-state index < -0.39 is 0 Å². The largest absolute Gasteiger partial charge is 0.466 e. The average molecular weight is 218 g/mol. The molecule has 0 aliphatic carbocycles. The van der Waals surface area contributed by atoms with Gasteiger partial charge in [0.25, 0.3) is 0 Å². The Morgan fingerprint density at radius 2 is 1.53 bits per heavy atom. The molecule has 0 spiro atoms. The Hall–Kier alpha value is -1.06. The van der Waals surface area contributed by atoms with E-state index in [0.717, 1.165) is 6.42 Å². The van der Waals surface area contributed by atoms with Crippen LogP contribution < -0.4 is 0 Å². The Morgan fingerprint density at radius 1 is 1.07 bits per heavy atom. The summed E-state index contributed by atoms with van der Waals surface area (Å²) in [5.74, 6) is 0.0550. The van der Waals surface area contributed by atoms with E-state index in [0.29, 0.717) is 19.1 Å². The average Bonchev–Trinajstić information content (AvgIpc) is 2.12. The van der Waals surface area contributed by atoms with Crippen LogP contribution in [0.1, 0.15) is 41.0 Å². The summed E-state index contributed by atoms with van der Waals surface area (Å²) in [5, 5.41) is 0. The van der Waals surface area contributed by atoms with E-state index in [1.165, 1.54) is 13.8 Å². The first-order valence-corrected chi connectivity index (χ1v) is 5.16. The maximum Gasteiger partial charge on any atom is 0.302 e. The summed E-state index contributed by atoms with van der Waals surface area (Å²) in [5.41, 5.74) is 0. The molecule has 0 unspecified atom stereocenters. The molecular weight excluding hydrogens is 196 g/mol. The van der Waals surface area contributed by atoms with E-state index >= 15 is 0 Å². The predicted octanol–water partition coefficient (Wildman–Crippen LogP) is 2.17. The normalized spacial score (nSPS) is 8.93. The molecule has 0 amide bonds. The van der Waals surface area contributed by atoms with Gasteiger partial charge >= 0.3 is 11.9 Å². The molecule has 0 N–H and O–H groups in total. The zero-order valence-corrected chi connectivity index (χ0v) is 10.3. The number of ether oxygens (including phenoxy) is 2. The molecule has 0 heterocycles. The molecular formula is C11H22O4. The van der Waals surface area contributed by atoms with Gasteiger partial charge in [0.15, 0.2) is 0 Å². The lowest BCUT2D eigenvalue weighted by Crippen LogP contribution is -2.05.